The summed E-state index contributed by atoms with van der Waals surface area (Å²) in [6.07, 6.45) is 2.47. The monoisotopic (exact) mass is 276 g/mol. The van der Waals surface area contributed by atoms with Gasteiger partial charge in [-0.2, -0.15) is 5.10 Å². The molecule has 1 aromatic heterocycles. The number of hydrogen-bond acceptors (Lipinski definition) is 4. The van der Waals surface area contributed by atoms with Crippen molar-refractivity contribution >= 4 is 21.9 Å². The van der Waals surface area contributed by atoms with Crippen molar-refractivity contribution in [3.05, 3.63) is 16.4 Å². The van der Waals surface area contributed by atoms with Gasteiger partial charge in [-0.3, -0.25) is 0 Å². The molecule has 84 valence electrons. The molecule has 0 unspecified atom stereocenters. The van der Waals surface area contributed by atoms with E-state index < -0.39 is 5.97 Å². The molecule has 0 aliphatic heterocycles. The first-order valence-electron chi connectivity index (χ1n) is 4.58. The van der Waals surface area contributed by atoms with Gasteiger partial charge in [0, 0.05) is 6.61 Å². The molecular formula is C9H13BrN2O3. The Morgan fingerprint density at radius 2 is 2.40 bits per heavy atom. The normalized spacial score (nSPS) is 10.3. The highest BCUT2D eigenvalue weighted by molar-refractivity contribution is 9.10. The van der Waals surface area contributed by atoms with E-state index in [-0.39, 0.29) is 6.73 Å². The number of rotatable bonds is 5. The van der Waals surface area contributed by atoms with Crippen LogP contribution in [0.1, 0.15) is 23.8 Å². The van der Waals surface area contributed by atoms with Gasteiger partial charge in [0.2, 0.25) is 0 Å². The van der Waals surface area contributed by atoms with Gasteiger partial charge in [0.25, 0.3) is 0 Å². The molecule has 1 aromatic rings. The minimum atomic E-state index is -0.431. The lowest BCUT2D eigenvalue weighted by molar-refractivity contribution is 0.0494. The van der Waals surface area contributed by atoms with Crippen molar-refractivity contribution in [2.75, 3.05) is 13.7 Å². The van der Waals surface area contributed by atoms with Crippen LogP contribution in [0.4, 0.5) is 0 Å². The molecule has 0 radical (unpaired) electrons. The van der Waals surface area contributed by atoms with Gasteiger partial charge in [0.1, 0.15) is 6.73 Å². The van der Waals surface area contributed by atoms with E-state index in [0.29, 0.717) is 16.8 Å². The third-order valence-electron chi connectivity index (χ3n) is 1.74. The minimum absolute atomic E-state index is 0.254. The Labute approximate surface area is 96.5 Å². The highest BCUT2D eigenvalue weighted by Gasteiger charge is 2.17. The summed E-state index contributed by atoms with van der Waals surface area (Å²) < 4.78 is 12.0. The van der Waals surface area contributed by atoms with E-state index in [1.54, 1.807) is 6.20 Å². The summed E-state index contributed by atoms with van der Waals surface area (Å²) in [6.45, 7) is 2.90. The average Bonchev–Trinajstić information content (AvgIpc) is 2.59. The minimum Gasteiger partial charge on any atom is -0.464 e. The molecule has 15 heavy (non-hydrogen) atoms. The van der Waals surface area contributed by atoms with Crippen molar-refractivity contribution < 1.29 is 14.3 Å². The van der Waals surface area contributed by atoms with E-state index in [1.807, 2.05) is 6.92 Å². The molecule has 0 bridgehead atoms. The summed E-state index contributed by atoms with van der Waals surface area (Å²) in [5, 5.41) is 4.00. The van der Waals surface area contributed by atoms with Gasteiger partial charge < -0.3 is 9.47 Å². The third-order valence-corrected chi connectivity index (χ3v) is 2.32. The number of ether oxygens (including phenoxy) is 2. The lowest BCUT2D eigenvalue weighted by atomic mass is 10.4. The molecule has 6 heteroatoms. The maximum atomic E-state index is 11.4. The smallest absolute Gasteiger partial charge is 0.357 e. The SMILES string of the molecule is CCCOCn1ncc(Br)c1C(=O)OC. The molecule has 0 saturated carbocycles. The van der Waals surface area contributed by atoms with Crippen molar-refractivity contribution in [1.29, 1.82) is 0 Å². The molecule has 5 nitrogen and oxygen atoms in total. The number of carbonyl (C=O) groups excluding carboxylic acids is 1. The van der Waals surface area contributed by atoms with Gasteiger partial charge in [-0.25, -0.2) is 9.48 Å². The van der Waals surface area contributed by atoms with Gasteiger partial charge in [0.05, 0.1) is 17.8 Å². The first kappa shape index (κ1) is 12.2. The van der Waals surface area contributed by atoms with Gasteiger partial charge in [-0.05, 0) is 22.4 Å². The zero-order valence-electron chi connectivity index (χ0n) is 8.70. The van der Waals surface area contributed by atoms with Crippen molar-refractivity contribution in [2.45, 2.75) is 20.1 Å². The van der Waals surface area contributed by atoms with Crippen molar-refractivity contribution in [2.24, 2.45) is 0 Å². The number of hydrogen-bond donors (Lipinski definition) is 0. The Kier molecular flexibility index (Phi) is 4.77. The van der Waals surface area contributed by atoms with E-state index in [2.05, 4.69) is 25.8 Å². The van der Waals surface area contributed by atoms with E-state index in [4.69, 9.17) is 4.74 Å². The molecule has 0 amide bonds. The maximum absolute atomic E-state index is 11.4. The van der Waals surface area contributed by atoms with Crippen LogP contribution in [0.2, 0.25) is 0 Å². The largest absolute Gasteiger partial charge is 0.464 e. The lowest BCUT2D eigenvalue weighted by Gasteiger charge is -2.06. The molecule has 0 N–H and O–H groups in total. The number of nitrogens with zero attached hydrogens (tertiary/aromatic N) is 2. The summed E-state index contributed by atoms with van der Waals surface area (Å²) >= 11 is 3.23. The van der Waals surface area contributed by atoms with E-state index in [1.165, 1.54) is 11.8 Å². The predicted octanol–water partition coefficient (Wildman–Crippen LogP) is 1.82. The van der Waals surface area contributed by atoms with Crippen LogP contribution >= 0.6 is 15.9 Å². The maximum Gasteiger partial charge on any atom is 0.357 e. The Morgan fingerprint density at radius 3 is 3.00 bits per heavy atom. The summed E-state index contributed by atoms with van der Waals surface area (Å²) in [6, 6.07) is 0. The topological polar surface area (TPSA) is 53.4 Å². The Balaban J connectivity index is 2.75. The second-order valence-electron chi connectivity index (χ2n) is 2.87. The quantitative estimate of drug-likeness (QED) is 0.608. The fourth-order valence-corrected chi connectivity index (χ4v) is 1.51. The standard InChI is InChI=1S/C9H13BrN2O3/c1-3-4-15-6-12-8(9(13)14-2)7(10)5-11-12/h5H,3-4,6H2,1-2H3. The number of methoxy groups -OCH3 is 1. The van der Waals surface area contributed by atoms with Crippen molar-refractivity contribution in [1.82, 2.24) is 9.78 Å². The average molecular weight is 277 g/mol. The molecular weight excluding hydrogens is 264 g/mol. The van der Waals surface area contributed by atoms with Crippen LogP contribution in [0.15, 0.2) is 10.7 Å². The van der Waals surface area contributed by atoms with Crippen LogP contribution in [0.5, 0.6) is 0 Å². The van der Waals surface area contributed by atoms with Crippen LogP contribution in [-0.4, -0.2) is 29.5 Å². The second kappa shape index (κ2) is 5.87. The molecule has 0 aliphatic carbocycles. The van der Waals surface area contributed by atoms with E-state index in [9.17, 15) is 4.79 Å². The van der Waals surface area contributed by atoms with Crippen LogP contribution in [0, 0.1) is 0 Å². The van der Waals surface area contributed by atoms with Gasteiger partial charge in [-0.15, -0.1) is 0 Å². The zero-order chi connectivity index (χ0) is 11.3. The predicted molar refractivity (Wildman–Crippen MR) is 57.5 cm³/mol. The Morgan fingerprint density at radius 1 is 1.67 bits per heavy atom. The molecule has 1 rings (SSSR count). The lowest BCUT2D eigenvalue weighted by Crippen LogP contribution is -2.14. The Bertz CT molecular complexity index is 338. The molecule has 0 aliphatic rings. The fourth-order valence-electron chi connectivity index (χ4n) is 1.06. The third kappa shape index (κ3) is 3.04. The zero-order valence-corrected chi connectivity index (χ0v) is 10.3. The van der Waals surface area contributed by atoms with Crippen LogP contribution in [0.25, 0.3) is 0 Å². The van der Waals surface area contributed by atoms with Crippen LogP contribution < -0.4 is 0 Å². The van der Waals surface area contributed by atoms with Crippen molar-refractivity contribution in [3.8, 4) is 0 Å². The van der Waals surface area contributed by atoms with Crippen LogP contribution in [0.3, 0.4) is 0 Å². The summed E-state index contributed by atoms with van der Waals surface area (Å²) in [5.41, 5.74) is 0.369. The summed E-state index contributed by atoms with van der Waals surface area (Å²) in [7, 11) is 1.33. The molecule has 0 fully saturated rings. The number of halogens is 1. The second-order valence-corrected chi connectivity index (χ2v) is 3.72. The van der Waals surface area contributed by atoms with Gasteiger partial charge >= 0.3 is 5.97 Å². The number of esters is 1. The molecule has 1 heterocycles. The van der Waals surface area contributed by atoms with Crippen LogP contribution in [-0.2, 0) is 16.2 Å². The van der Waals surface area contributed by atoms with Gasteiger partial charge in [-0.1, -0.05) is 6.92 Å². The summed E-state index contributed by atoms with van der Waals surface area (Å²) in [5.74, 6) is -0.431. The van der Waals surface area contributed by atoms with Gasteiger partial charge in [0.15, 0.2) is 5.69 Å². The Hall–Kier alpha value is -0.880. The molecule has 0 aromatic carbocycles. The molecule has 0 saturated heterocycles. The van der Waals surface area contributed by atoms with E-state index >= 15 is 0 Å². The first-order chi connectivity index (χ1) is 7.20. The van der Waals surface area contributed by atoms with E-state index in [0.717, 1.165) is 6.42 Å². The first-order valence-corrected chi connectivity index (χ1v) is 5.37. The fraction of sp³-hybridized carbons (Fsp3) is 0.556. The molecule has 0 spiro atoms. The number of carbonyl (C=O) groups is 1. The molecule has 0 atom stereocenters. The van der Waals surface area contributed by atoms with Crippen molar-refractivity contribution in [3.63, 3.8) is 0 Å². The highest BCUT2D eigenvalue weighted by atomic mass is 79.9. The highest BCUT2D eigenvalue weighted by Crippen LogP contribution is 2.16. The summed E-state index contributed by atoms with van der Waals surface area (Å²) in [4.78, 5) is 11.4. The number of aromatic nitrogens is 2.